The summed E-state index contributed by atoms with van der Waals surface area (Å²) in [5.74, 6) is 0.807. The third-order valence-electron chi connectivity index (χ3n) is 4.28. The van der Waals surface area contributed by atoms with Crippen LogP contribution in [0.4, 0.5) is 5.69 Å². The molecular formula is C20H20Cl2N4OS. The second-order valence-corrected chi connectivity index (χ2v) is 8.06. The molecule has 0 radical (unpaired) electrons. The van der Waals surface area contributed by atoms with Crippen molar-refractivity contribution in [2.75, 3.05) is 11.1 Å². The first-order valence-electron chi connectivity index (χ1n) is 8.78. The summed E-state index contributed by atoms with van der Waals surface area (Å²) in [6, 6.07) is 11.2. The molecule has 0 saturated heterocycles. The van der Waals surface area contributed by atoms with Gasteiger partial charge in [0.25, 0.3) is 0 Å². The van der Waals surface area contributed by atoms with E-state index in [4.69, 9.17) is 23.2 Å². The lowest BCUT2D eigenvalue weighted by Gasteiger charge is -2.11. The van der Waals surface area contributed by atoms with Crippen LogP contribution in [-0.2, 0) is 11.3 Å². The number of amides is 1. The van der Waals surface area contributed by atoms with Crippen LogP contribution in [0.1, 0.15) is 18.1 Å². The van der Waals surface area contributed by atoms with Crippen LogP contribution in [0.2, 0.25) is 10.0 Å². The molecule has 0 unspecified atom stereocenters. The predicted molar refractivity (Wildman–Crippen MR) is 116 cm³/mol. The Bertz CT molecular complexity index is 999. The zero-order valence-corrected chi connectivity index (χ0v) is 18.1. The first kappa shape index (κ1) is 20.7. The first-order valence-corrected chi connectivity index (χ1v) is 10.5. The highest BCUT2D eigenvalue weighted by Gasteiger charge is 2.17. The van der Waals surface area contributed by atoms with E-state index in [2.05, 4.69) is 15.5 Å². The topological polar surface area (TPSA) is 59.8 Å². The van der Waals surface area contributed by atoms with Crippen LogP contribution in [0.25, 0.3) is 11.4 Å². The number of carbonyl (C=O) groups is 1. The minimum Gasteiger partial charge on any atom is -0.325 e. The molecule has 0 aliphatic carbocycles. The Kier molecular flexibility index (Phi) is 6.65. The molecule has 1 heterocycles. The van der Waals surface area contributed by atoms with Crippen LogP contribution in [0.3, 0.4) is 0 Å². The predicted octanol–water partition coefficient (Wildman–Crippen LogP) is 5.62. The van der Waals surface area contributed by atoms with Gasteiger partial charge in [-0.05, 0) is 50.1 Å². The molecule has 1 amide bonds. The van der Waals surface area contributed by atoms with Gasteiger partial charge in [-0.25, -0.2) is 0 Å². The number of benzene rings is 2. The molecule has 2 aromatic carbocycles. The number of hydrogen-bond donors (Lipinski definition) is 1. The quantitative estimate of drug-likeness (QED) is 0.511. The average Bonchev–Trinajstić information content (AvgIpc) is 3.06. The van der Waals surface area contributed by atoms with Gasteiger partial charge in [0.1, 0.15) is 0 Å². The van der Waals surface area contributed by atoms with Crippen LogP contribution in [0.15, 0.2) is 41.6 Å². The second-order valence-electron chi connectivity index (χ2n) is 6.28. The number of aromatic nitrogens is 3. The average molecular weight is 435 g/mol. The molecule has 0 fully saturated rings. The highest BCUT2D eigenvalue weighted by Crippen LogP contribution is 2.31. The van der Waals surface area contributed by atoms with Gasteiger partial charge < -0.3 is 9.88 Å². The number of carbonyl (C=O) groups excluding carboxylic acids is 1. The Labute approximate surface area is 178 Å². The number of rotatable bonds is 6. The number of thioether (sulfide) groups is 1. The standard InChI is InChI=1S/C20H20Cl2N4OS/c1-4-26-19(15-9-8-14(21)10-16(15)22)24-25-20(26)28-11-17(27)23-18-12(2)6-5-7-13(18)3/h5-10H,4,11H2,1-3H3,(H,23,27). The molecule has 3 aromatic rings. The van der Waals surface area contributed by atoms with E-state index in [-0.39, 0.29) is 11.7 Å². The molecule has 1 N–H and O–H groups in total. The Morgan fingerprint density at radius 3 is 2.50 bits per heavy atom. The van der Waals surface area contributed by atoms with E-state index in [0.717, 1.165) is 22.4 Å². The number of aryl methyl sites for hydroxylation is 2. The summed E-state index contributed by atoms with van der Waals surface area (Å²) in [5.41, 5.74) is 3.69. The van der Waals surface area contributed by atoms with Gasteiger partial charge >= 0.3 is 0 Å². The zero-order chi connectivity index (χ0) is 20.3. The fraction of sp³-hybridized carbons (Fsp3) is 0.250. The van der Waals surface area contributed by atoms with Gasteiger partial charge in [-0.2, -0.15) is 0 Å². The fourth-order valence-electron chi connectivity index (χ4n) is 2.87. The van der Waals surface area contributed by atoms with E-state index in [1.54, 1.807) is 12.1 Å². The van der Waals surface area contributed by atoms with Crippen LogP contribution in [-0.4, -0.2) is 26.4 Å². The molecular weight excluding hydrogens is 415 g/mol. The number of para-hydroxylation sites is 1. The Hall–Kier alpha value is -2.02. The maximum Gasteiger partial charge on any atom is 0.234 e. The molecule has 8 heteroatoms. The van der Waals surface area contributed by atoms with Crippen molar-refractivity contribution in [3.05, 3.63) is 57.6 Å². The van der Waals surface area contributed by atoms with Crippen molar-refractivity contribution in [2.24, 2.45) is 0 Å². The second kappa shape index (κ2) is 8.99. The number of anilines is 1. The van der Waals surface area contributed by atoms with E-state index in [1.807, 2.05) is 49.6 Å². The molecule has 0 spiro atoms. The highest BCUT2D eigenvalue weighted by atomic mass is 35.5. The summed E-state index contributed by atoms with van der Waals surface area (Å²) in [4.78, 5) is 12.4. The fourth-order valence-corrected chi connectivity index (χ4v) is 4.16. The van der Waals surface area contributed by atoms with Gasteiger partial charge in [-0.1, -0.05) is 53.2 Å². The minimum atomic E-state index is -0.0841. The van der Waals surface area contributed by atoms with E-state index in [0.29, 0.717) is 27.6 Å². The monoisotopic (exact) mass is 434 g/mol. The Morgan fingerprint density at radius 2 is 1.86 bits per heavy atom. The number of nitrogens with one attached hydrogen (secondary N) is 1. The summed E-state index contributed by atoms with van der Waals surface area (Å²) in [6.45, 7) is 6.61. The smallest absolute Gasteiger partial charge is 0.234 e. The van der Waals surface area contributed by atoms with Crippen LogP contribution < -0.4 is 5.32 Å². The summed E-state index contributed by atoms with van der Waals surface area (Å²) in [6.07, 6.45) is 0. The van der Waals surface area contributed by atoms with Crippen molar-refractivity contribution in [3.63, 3.8) is 0 Å². The number of nitrogens with zero attached hydrogens (tertiary/aromatic N) is 3. The SMILES string of the molecule is CCn1c(SCC(=O)Nc2c(C)cccc2C)nnc1-c1ccc(Cl)cc1Cl. The molecule has 0 atom stereocenters. The summed E-state index contributed by atoms with van der Waals surface area (Å²) in [7, 11) is 0. The molecule has 146 valence electrons. The molecule has 0 saturated carbocycles. The molecule has 0 aliphatic heterocycles. The normalized spacial score (nSPS) is 10.9. The zero-order valence-electron chi connectivity index (χ0n) is 15.8. The molecule has 28 heavy (non-hydrogen) atoms. The van der Waals surface area contributed by atoms with Gasteiger partial charge in [-0.15, -0.1) is 10.2 Å². The van der Waals surface area contributed by atoms with E-state index >= 15 is 0 Å². The highest BCUT2D eigenvalue weighted by molar-refractivity contribution is 7.99. The lowest BCUT2D eigenvalue weighted by atomic mass is 10.1. The van der Waals surface area contributed by atoms with Crippen molar-refractivity contribution in [2.45, 2.75) is 32.5 Å². The van der Waals surface area contributed by atoms with Gasteiger partial charge in [-0.3, -0.25) is 4.79 Å². The van der Waals surface area contributed by atoms with Crippen molar-refractivity contribution in [1.82, 2.24) is 14.8 Å². The molecule has 5 nitrogen and oxygen atoms in total. The van der Waals surface area contributed by atoms with Gasteiger partial charge in [0.05, 0.1) is 10.8 Å². The molecule has 1 aromatic heterocycles. The van der Waals surface area contributed by atoms with E-state index in [9.17, 15) is 4.79 Å². The van der Waals surface area contributed by atoms with Crippen LogP contribution in [0, 0.1) is 13.8 Å². The maximum absolute atomic E-state index is 12.4. The lowest BCUT2D eigenvalue weighted by Crippen LogP contribution is -2.16. The lowest BCUT2D eigenvalue weighted by molar-refractivity contribution is -0.113. The summed E-state index contributed by atoms with van der Waals surface area (Å²) >= 11 is 13.6. The number of halogens is 2. The van der Waals surface area contributed by atoms with E-state index in [1.165, 1.54) is 11.8 Å². The molecule has 0 aliphatic rings. The summed E-state index contributed by atoms with van der Waals surface area (Å²) in [5, 5.41) is 13.2. The Balaban J connectivity index is 1.75. The van der Waals surface area contributed by atoms with E-state index < -0.39 is 0 Å². The molecule has 0 bridgehead atoms. The van der Waals surface area contributed by atoms with Gasteiger partial charge in [0.15, 0.2) is 11.0 Å². The third-order valence-corrected chi connectivity index (χ3v) is 5.80. The summed E-state index contributed by atoms with van der Waals surface area (Å²) < 4.78 is 1.94. The Morgan fingerprint density at radius 1 is 1.14 bits per heavy atom. The van der Waals surface area contributed by atoms with Gasteiger partial charge in [0, 0.05) is 22.8 Å². The van der Waals surface area contributed by atoms with Crippen molar-refractivity contribution in [3.8, 4) is 11.4 Å². The first-order chi connectivity index (χ1) is 13.4. The van der Waals surface area contributed by atoms with Crippen LogP contribution >= 0.6 is 35.0 Å². The number of hydrogen-bond acceptors (Lipinski definition) is 4. The maximum atomic E-state index is 12.4. The largest absolute Gasteiger partial charge is 0.325 e. The van der Waals surface area contributed by atoms with Gasteiger partial charge in [0.2, 0.25) is 5.91 Å². The molecule has 3 rings (SSSR count). The van der Waals surface area contributed by atoms with Crippen LogP contribution in [0.5, 0.6) is 0 Å². The minimum absolute atomic E-state index is 0.0841. The van der Waals surface area contributed by atoms with Crippen molar-refractivity contribution in [1.29, 1.82) is 0 Å². The van der Waals surface area contributed by atoms with Crippen molar-refractivity contribution < 1.29 is 4.79 Å². The third kappa shape index (κ3) is 4.51. The van der Waals surface area contributed by atoms with Crippen molar-refractivity contribution >= 4 is 46.6 Å².